The molecule has 1 amide bonds. The molecule has 0 aliphatic carbocycles. The molecule has 6 rings (SSSR count). The zero-order chi connectivity index (χ0) is 30.3. The van der Waals surface area contributed by atoms with E-state index in [1.807, 2.05) is 36.1 Å². The van der Waals surface area contributed by atoms with Gasteiger partial charge in [0, 0.05) is 30.5 Å². The Morgan fingerprint density at radius 1 is 0.976 bits per heavy atom. The summed E-state index contributed by atoms with van der Waals surface area (Å²) in [6.07, 6.45) is -3.76. The van der Waals surface area contributed by atoms with Crippen molar-refractivity contribution in [1.29, 1.82) is 0 Å². The second-order valence-corrected chi connectivity index (χ2v) is 10.8. The molecule has 1 N–H and O–H groups in total. The third-order valence-electron chi connectivity index (χ3n) is 8.48. The summed E-state index contributed by atoms with van der Waals surface area (Å²) in [6.45, 7) is 7.94. The quantitative estimate of drug-likeness (QED) is 0.406. The molecule has 2 saturated heterocycles. The van der Waals surface area contributed by atoms with E-state index in [9.17, 15) is 27.6 Å². The number of cyclic esters (lactones) is 2. The highest BCUT2D eigenvalue weighted by Crippen LogP contribution is 2.30. The van der Waals surface area contributed by atoms with Gasteiger partial charge < -0.3 is 29.0 Å². The highest BCUT2D eigenvalue weighted by atomic mass is 19.4. The van der Waals surface area contributed by atoms with Gasteiger partial charge in [0.05, 0.1) is 30.3 Å². The molecule has 0 saturated carbocycles. The lowest BCUT2D eigenvalue weighted by molar-refractivity contribution is -0.908. The van der Waals surface area contributed by atoms with Crippen LogP contribution in [0, 0.1) is 13.8 Å². The van der Waals surface area contributed by atoms with Crippen LogP contribution in [0.2, 0.25) is 0 Å². The normalized spacial score (nSPS) is 22.4. The van der Waals surface area contributed by atoms with E-state index < -0.39 is 12.1 Å². The number of fused-ring (bicyclic) bond motifs is 3. The Balaban J connectivity index is 0.000000451. The molecule has 2 aromatic rings. The number of esters is 2. The molecule has 4 aliphatic rings. The highest BCUT2D eigenvalue weighted by Gasteiger charge is 2.46. The van der Waals surface area contributed by atoms with E-state index in [1.165, 1.54) is 10.5 Å². The number of ether oxygens (including phenoxy) is 3. The molecule has 3 atom stereocenters. The summed E-state index contributed by atoms with van der Waals surface area (Å²) < 4.78 is 47.7. The topological polar surface area (TPSA) is 127 Å². The lowest BCUT2D eigenvalue weighted by Gasteiger charge is -2.33. The Hall–Kier alpha value is -4.13. The first kappa shape index (κ1) is 29.4. The number of carboxylic acid groups (broad SMARTS) is 1. The summed E-state index contributed by atoms with van der Waals surface area (Å²) in [5.74, 6) is -3.51. The van der Waals surface area contributed by atoms with Gasteiger partial charge in [-0.15, -0.1) is 0 Å². The molecule has 4 heterocycles. The maximum absolute atomic E-state index is 12.8. The van der Waals surface area contributed by atoms with Crippen molar-refractivity contribution in [3.63, 3.8) is 0 Å². The van der Waals surface area contributed by atoms with Crippen LogP contribution < -0.4 is 10.0 Å². The van der Waals surface area contributed by atoms with Gasteiger partial charge in [0.15, 0.2) is 6.10 Å². The summed E-state index contributed by atoms with van der Waals surface area (Å²) in [4.78, 5) is 48.5. The predicted molar refractivity (Wildman–Crippen MR) is 135 cm³/mol. The third-order valence-corrected chi connectivity index (χ3v) is 8.48. The molecular weight excluding hydrogens is 561 g/mol. The van der Waals surface area contributed by atoms with Gasteiger partial charge in [-0.2, -0.15) is 13.2 Å². The number of aliphatic carboxylic acids is 1. The molecule has 1 unspecified atom stereocenters. The molecule has 10 nitrogen and oxygen atoms in total. The van der Waals surface area contributed by atoms with Gasteiger partial charge >= 0.3 is 24.2 Å². The number of rotatable bonds is 5. The average molecular weight is 591 g/mol. The van der Waals surface area contributed by atoms with Crippen LogP contribution in [0.3, 0.4) is 0 Å². The van der Waals surface area contributed by atoms with Gasteiger partial charge in [-0.05, 0) is 48.2 Å². The largest absolute Gasteiger partial charge is 0.542 e. The van der Waals surface area contributed by atoms with E-state index in [4.69, 9.17) is 24.1 Å². The maximum Gasteiger partial charge on any atom is 0.430 e. The second kappa shape index (κ2) is 11.3. The molecule has 2 aromatic carbocycles. The van der Waals surface area contributed by atoms with Gasteiger partial charge in [0.25, 0.3) is 0 Å². The molecule has 0 radical (unpaired) electrons. The van der Waals surface area contributed by atoms with E-state index in [0.29, 0.717) is 30.9 Å². The number of halogens is 3. The van der Waals surface area contributed by atoms with Crippen LogP contribution in [0.4, 0.5) is 18.0 Å². The Labute approximate surface area is 238 Å². The predicted octanol–water partition coefficient (Wildman–Crippen LogP) is 1.16. The minimum Gasteiger partial charge on any atom is -0.542 e. The lowest BCUT2D eigenvalue weighted by atomic mass is 9.95. The van der Waals surface area contributed by atoms with Crippen LogP contribution in [-0.4, -0.2) is 66.9 Å². The number of quaternary nitrogens is 1. The fraction of sp³-hybridized carbons (Fsp3) is 0.448. The van der Waals surface area contributed by atoms with Crippen molar-refractivity contribution in [3.8, 4) is 0 Å². The number of likely N-dealkylation sites (tertiary alicyclic amines) is 1. The number of alkyl halides is 3. The van der Waals surface area contributed by atoms with Gasteiger partial charge in [-0.1, -0.05) is 12.1 Å². The van der Waals surface area contributed by atoms with Crippen LogP contribution in [0.15, 0.2) is 24.3 Å². The number of hydrogen-bond acceptors (Lipinski definition) is 8. The van der Waals surface area contributed by atoms with Gasteiger partial charge in [0.2, 0.25) is 0 Å². The van der Waals surface area contributed by atoms with Crippen LogP contribution >= 0.6 is 0 Å². The van der Waals surface area contributed by atoms with Crippen molar-refractivity contribution in [2.45, 2.75) is 64.8 Å². The first-order valence-electron chi connectivity index (χ1n) is 13.5. The monoisotopic (exact) mass is 590 g/mol. The van der Waals surface area contributed by atoms with Gasteiger partial charge in [-0.25, -0.2) is 14.4 Å². The number of carboxylic acids is 1. The van der Waals surface area contributed by atoms with Crippen molar-refractivity contribution < 1.29 is 56.6 Å². The number of amides is 1. The van der Waals surface area contributed by atoms with Gasteiger partial charge in [0.1, 0.15) is 25.7 Å². The minimum atomic E-state index is -5.19. The zero-order valence-corrected chi connectivity index (χ0v) is 23.0. The molecule has 224 valence electrons. The summed E-state index contributed by atoms with van der Waals surface area (Å²) in [5.41, 5.74) is 7.70. The van der Waals surface area contributed by atoms with Crippen molar-refractivity contribution in [2.75, 3.05) is 19.6 Å². The Morgan fingerprint density at radius 2 is 1.52 bits per heavy atom. The number of carbonyl (C=O) groups is 4. The van der Waals surface area contributed by atoms with Crippen LogP contribution in [-0.2, 0) is 45.2 Å². The SMILES string of the molecule is Cc1c(CC[NH+]2CC[C@@H]3[C@@H](C2)OC(=O)N3Cc2ccc3c(c2C)COC3=O)ccc2c1COC2=O.O=C([O-])C(F)(F)F. The Bertz CT molecular complexity index is 1460. The first-order valence-corrected chi connectivity index (χ1v) is 13.5. The first-order chi connectivity index (χ1) is 19.8. The maximum atomic E-state index is 12.8. The Kier molecular flexibility index (Phi) is 7.88. The Morgan fingerprint density at radius 3 is 2.10 bits per heavy atom. The van der Waals surface area contributed by atoms with E-state index in [1.54, 1.807) is 0 Å². The van der Waals surface area contributed by atoms with Crippen molar-refractivity contribution >= 4 is 24.0 Å². The fourth-order valence-electron chi connectivity index (χ4n) is 6.01. The van der Waals surface area contributed by atoms with Gasteiger partial charge in [-0.3, -0.25) is 4.90 Å². The van der Waals surface area contributed by atoms with E-state index >= 15 is 0 Å². The molecular formula is C29H29F3N2O8. The number of nitrogens with zero attached hydrogens (tertiary/aromatic N) is 1. The number of nitrogens with one attached hydrogen (secondary N) is 1. The summed E-state index contributed by atoms with van der Waals surface area (Å²) >= 11 is 0. The van der Waals surface area contributed by atoms with E-state index in [0.717, 1.165) is 60.3 Å². The van der Waals surface area contributed by atoms with Crippen molar-refractivity contribution in [3.05, 3.63) is 68.8 Å². The number of piperidine rings is 1. The van der Waals surface area contributed by atoms with Crippen LogP contribution in [0.5, 0.6) is 0 Å². The molecule has 13 heteroatoms. The highest BCUT2D eigenvalue weighted by molar-refractivity contribution is 5.94. The number of benzene rings is 2. The lowest BCUT2D eigenvalue weighted by Crippen LogP contribution is -3.15. The molecule has 0 aromatic heterocycles. The van der Waals surface area contributed by atoms with Crippen molar-refractivity contribution in [2.24, 2.45) is 0 Å². The minimum absolute atomic E-state index is 0.0710. The molecule has 0 bridgehead atoms. The number of carbonyl (C=O) groups excluding carboxylic acids is 4. The summed E-state index contributed by atoms with van der Waals surface area (Å²) in [5, 5.41) is 8.78. The van der Waals surface area contributed by atoms with Crippen LogP contribution in [0.25, 0.3) is 0 Å². The molecule has 0 spiro atoms. The number of hydrogen-bond donors (Lipinski definition) is 1. The third kappa shape index (κ3) is 5.65. The smallest absolute Gasteiger partial charge is 0.430 e. The zero-order valence-electron chi connectivity index (χ0n) is 23.0. The fourth-order valence-corrected chi connectivity index (χ4v) is 6.01. The van der Waals surface area contributed by atoms with Crippen LogP contribution in [0.1, 0.15) is 60.5 Å². The molecule has 42 heavy (non-hydrogen) atoms. The average Bonchev–Trinajstić information content (AvgIpc) is 3.60. The summed E-state index contributed by atoms with van der Waals surface area (Å²) in [6, 6.07) is 7.73. The standard InChI is InChI=1S/C27H28N2O6.C2HF3O2/c1-15-17(3-5-19-21(15)13-33-25(19)30)7-9-28-10-8-23-24(12-28)35-27(32)29(23)11-18-4-6-20-22(16(18)2)14-34-26(20)31;3-2(4,5)1(6)7/h3-6,23-24H,7-14H2,1-2H3;(H,6,7)/t23-,24-;/m1./s1. The summed E-state index contributed by atoms with van der Waals surface area (Å²) in [7, 11) is 0. The molecule has 2 fully saturated rings. The van der Waals surface area contributed by atoms with E-state index in [-0.39, 0.29) is 30.2 Å². The van der Waals surface area contributed by atoms with Crippen molar-refractivity contribution in [1.82, 2.24) is 4.90 Å². The second-order valence-electron chi connectivity index (χ2n) is 10.8. The molecule has 4 aliphatic heterocycles. The van der Waals surface area contributed by atoms with E-state index in [2.05, 4.69) is 6.92 Å².